The topological polar surface area (TPSA) is 49.4 Å². The Balaban J connectivity index is 2.55. The van der Waals surface area contributed by atoms with Crippen molar-refractivity contribution in [2.45, 2.75) is 38.3 Å². The van der Waals surface area contributed by atoms with E-state index >= 15 is 0 Å². The van der Waals surface area contributed by atoms with Crippen molar-refractivity contribution in [1.82, 2.24) is 10.2 Å². The second kappa shape index (κ2) is 6.43. The molecule has 0 bridgehead atoms. The molecule has 0 aromatic carbocycles. The van der Waals surface area contributed by atoms with Crippen molar-refractivity contribution in [3.05, 3.63) is 12.7 Å². The lowest BCUT2D eigenvalue weighted by molar-refractivity contribution is -0.128. The van der Waals surface area contributed by atoms with Gasteiger partial charge in [0.1, 0.15) is 6.29 Å². The number of amides is 1. The predicted molar refractivity (Wildman–Crippen MR) is 63.1 cm³/mol. The highest BCUT2D eigenvalue weighted by Gasteiger charge is 2.29. The van der Waals surface area contributed by atoms with Crippen molar-refractivity contribution >= 4 is 12.2 Å². The summed E-state index contributed by atoms with van der Waals surface area (Å²) >= 11 is 0. The van der Waals surface area contributed by atoms with E-state index in [0.717, 1.165) is 32.1 Å². The van der Waals surface area contributed by atoms with Gasteiger partial charge in [0, 0.05) is 6.54 Å². The van der Waals surface area contributed by atoms with Crippen LogP contribution in [-0.2, 0) is 9.59 Å². The van der Waals surface area contributed by atoms with Crippen LogP contribution in [0, 0.1) is 0 Å². The lowest BCUT2D eigenvalue weighted by atomic mass is 10.0. The molecular formula is C12H20N2O2. The maximum Gasteiger partial charge on any atom is 0.237 e. The summed E-state index contributed by atoms with van der Waals surface area (Å²) in [5.41, 5.74) is 0. The number of hydrogen-bond donors (Lipinski definition) is 1. The molecule has 1 fully saturated rings. The minimum absolute atomic E-state index is 0.0337. The molecule has 1 amide bonds. The zero-order chi connectivity index (χ0) is 12.0. The summed E-state index contributed by atoms with van der Waals surface area (Å²) in [5, 5.41) is 2.76. The number of carbonyl (C=O) groups is 2. The van der Waals surface area contributed by atoms with Crippen LogP contribution in [0.5, 0.6) is 0 Å². The Morgan fingerprint density at radius 3 is 3.00 bits per heavy atom. The van der Waals surface area contributed by atoms with Crippen molar-refractivity contribution in [1.29, 1.82) is 0 Å². The van der Waals surface area contributed by atoms with Gasteiger partial charge in [-0.25, -0.2) is 0 Å². The van der Waals surface area contributed by atoms with Crippen LogP contribution in [0.4, 0.5) is 0 Å². The summed E-state index contributed by atoms with van der Waals surface area (Å²) in [7, 11) is 0. The molecule has 0 radical (unpaired) electrons. The summed E-state index contributed by atoms with van der Waals surface area (Å²) in [6, 6.07) is -0.339. The molecule has 2 atom stereocenters. The molecule has 1 heterocycles. The molecule has 16 heavy (non-hydrogen) atoms. The molecule has 2 unspecified atom stereocenters. The van der Waals surface area contributed by atoms with Crippen LogP contribution in [-0.4, -0.2) is 42.3 Å². The summed E-state index contributed by atoms with van der Waals surface area (Å²) in [4.78, 5) is 24.6. The second-order valence-corrected chi connectivity index (χ2v) is 4.15. The third-order valence-electron chi connectivity index (χ3n) is 3.05. The smallest absolute Gasteiger partial charge is 0.237 e. The minimum Gasteiger partial charge on any atom is -0.351 e. The highest BCUT2D eigenvalue weighted by Crippen LogP contribution is 2.18. The zero-order valence-corrected chi connectivity index (χ0v) is 9.82. The third-order valence-corrected chi connectivity index (χ3v) is 3.05. The summed E-state index contributed by atoms with van der Waals surface area (Å²) in [6.45, 7) is 6.70. The maximum absolute atomic E-state index is 11.7. The van der Waals surface area contributed by atoms with Gasteiger partial charge in [-0.05, 0) is 26.3 Å². The fraction of sp³-hybridized carbons (Fsp3) is 0.667. The first-order chi connectivity index (χ1) is 7.70. The van der Waals surface area contributed by atoms with E-state index in [2.05, 4.69) is 11.9 Å². The maximum atomic E-state index is 11.7. The van der Waals surface area contributed by atoms with Gasteiger partial charge < -0.3 is 10.1 Å². The predicted octanol–water partition coefficient (Wildman–Crippen LogP) is 0.730. The van der Waals surface area contributed by atoms with Crippen molar-refractivity contribution in [3.8, 4) is 0 Å². The van der Waals surface area contributed by atoms with Crippen LogP contribution in [0.1, 0.15) is 26.2 Å². The first kappa shape index (κ1) is 12.9. The number of aldehydes is 1. The molecule has 1 aliphatic rings. The van der Waals surface area contributed by atoms with Crippen LogP contribution in [0.25, 0.3) is 0 Å². The molecule has 1 aliphatic heterocycles. The van der Waals surface area contributed by atoms with E-state index in [1.807, 2.05) is 11.8 Å². The van der Waals surface area contributed by atoms with Gasteiger partial charge in [0.15, 0.2) is 0 Å². The Morgan fingerprint density at radius 2 is 2.38 bits per heavy atom. The molecule has 1 N–H and O–H groups in total. The Labute approximate surface area is 96.7 Å². The normalized spacial score (nSPS) is 23.4. The van der Waals surface area contributed by atoms with Crippen LogP contribution < -0.4 is 5.32 Å². The number of carbonyl (C=O) groups excluding carboxylic acids is 2. The first-order valence-corrected chi connectivity index (χ1v) is 5.80. The van der Waals surface area contributed by atoms with E-state index in [0.29, 0.717) is 6.54 Å². The van der Waals surface area contributed by atoms with E-state index in [-0.39, 0.29) is 18.0 Å². The molecular weight excluding hydrogens is 204 g/mol. The lowest BCUT2D eigenvalue weighted by Gasteiger charge is -2.36. The Kier molecular flexibility index (Phi) is 5.19. The number of hydrogen-bond acceptors (Lipinski definition) is 3. The molecule has 0 saturated carbocycles. The molecule has 4 heteroatoms. The van der Waals surface area contributed by atoms with Gasteiger partial charge >= 0.3 is 0 Å². The Morgan fingerprint density at radius 1 is 1.62 bits per heavy atom. The van der Waals surface area contributed by atoms with Crippen LogP contribution in [0.2, 0.25) is 0 Å². The summed E-state index contributed by atoms with van der Waals surface area (Å²) in [5.74, 6) is -0.0337. The van der Waals surface area contributed by atoms with Crippen LogP contribution >= 0.6 is 0 Å². The quantitative estimate of drug-likeness (QED) is 0.553. The number of nitrogens with one attached hydrogen (secondary N) is 1. The van der Waals surface area contributed by atoms with E-state index in [9.17, 15) is 9.59 Å². The van der Waals surface area contributed by atoms with E-state index in [4.69, 9.17) is 0 Å². The van der Waals surface area contributed by atoms with Gasteiger partial charge in [-0.2, -0.15) is 0 Å². The van der Waals surface area contributed by atoms with Gasteiger partial charge in [0.05, 0.1) is 12.1 Å². The standard InChI is InChI=1S/C12H20N2O2/c1-3-7-13-12(16)10(2)14-8-5-4-6-11(14)9-15/h3,9-11H,1,4-8H2,2H3,(H,13,16). The monoisotopic (exact) mass is 224 g/mol. The molecule has 0 aliphatic carbocycles. The van der Waals surface area contributed by atoms with Gasteiger partial charge in [0.2, 0.25) is 5.91 Å². The highest BCUT2D eigenvalue weighted by molar-refractivity contribution is 5.82. The summed E-state index contributed by atoms with van der Waals surface area (Å²) < 4.78 is 0. The lowest BCUT2D eigenvalue weighted by Crippen LogP contribution is -2.52. The van der Waals surface area contributed by atoms with Crippen molar-refractivity contribution in [2.75, 3.05) is 13.1 Å². The van der Waals surface area contributed by atoms with Crippen molar-refractivity contribution in [3.63, 3.8) is 0 Å². The molecule has 0 spiro atoms. The Bertz CT molecular complexity index is 266. The molecule has 1 saturated heterocycles. The number of nitrogens with zero attached hydrogens (tertiary/aromatic N) is 1. The second-order valence-electron chi connectivity index (χ2n) is 4.15. The van der Waals surface area contributed by atoms with Crippen molar-refractivity contribution in [2.24, 2.45) is 0 Å². The fourth-order valence-electron chi connectivity index (χ4n) is 2.08. The third kappa shape index (κ3) is 3.17. The Hall–Kier alpha value is -1.16. The highest BCUT2D eigenvalue weighted by atomic mass is 16.2. The number of likely N-dealkylation sites (tertiary alicyclic amines) is 1. The molecule has 0 aromatic heterocycles. The number of rotatable bonds is 5. The van der Waals surface area contributed by atoms with E-state index < -0.39 is 0 Å². The molecule has 0 aromatic rings. The number of piperidine rings is 1. The van der Waals surface area contributed by atoms with Gasteiger partial charge in [-0.15, -0.1) is 6.58 Å². The van der Waals surface area contributed by atoms with Crippen LogP contribution in [0.15, 0.2) is 12.7 Å². The molecule has 90 valence electrons. The minimum atomic E-state index is -0.240. The molecule has 4 nitrogen and oxygen atoms in total. The van der Waals surface area contributed by atoms with E-state index in [1.165, 1.54) is 0 Å². The first-order valence-electron chi connectivity index (χ1n) is 5.80. The average molecular weight is 224 g/mol. The van der Waals surface area contributed by atoms with Gasteiger partial charge in [-0.3, -0.25) is 9.69 Å². The van der Waals surface area contributed by atoms with Gasteiger partial charge in [-0.1, -0.05) is 12.5 Å². The SMILES string of the molecule is C=CCNC(=O)C(C)N1CCCCC1C=O. The fourth-order valence-corrected chi connectivity index (χ4v) is 2.08. The molecule has 1 rings (SSSR count). The zero-order valence-electron chi connectivity index (χ0n) is 9.82. The average Bonchev–Trinajstić information content (AvgIpc) is 2.34. The summed E-state index contributed by atoms with van der Waals surface area (Å²) in [6.07, 6.45) is 5.60. The van der Waals surface area contributed by atoms with Crippen LogP contribution in [0.3, 0.4) is 0 Å². The van der Waals surface area contributed by atoms with E-state index in [1.54, 1.807) is 6.08 Å². The largest absolute Gasteiger partial charge is 0.351 e. The van der Waals surface area contributed by atoms with Crippen molar-refractivity contribution < 1.29 is 9.59 Å². The van der Waals surface area contributed by atoms with Gasteiger partial charge in [0.25, 0.3) is 0 Å².